The minimum absolute atomic E-state index is 0.113. The number of nitrogens with one attached hydrogen (secondary N) is 1. The van der Waals surface area contributed by atoms with E-state index in [2.05, 4.69) is 4.98 Å². The van der Waals surface area contributed by atoms with Crippen LogP contribution in [0.5, 0.6) is 0 Å². The molecule has 2 heterocycles. The van der Waals surface area contributed by atoms with Gasteiger partial charge in [-0.05, 0) is 35.7 Å². The smallest absolute Gasteiger partial charge is 0.295 e. The normalized spacial score (nSPS) is 18.1. The molecule has 1 atom stereocenters. The zero-order valence-corrected chi connectivity index (χ0v) is 16.3. The fraction of sp³-hybridized carbons (Fsp3) is 0.125. The molecule has 3 aromatic rings. The number of ketones is 1. The van der Waals surface area contributed by atoms with Crippen molar-refractivity contribution in [3.63, 3.8) is 0 Å². The number of likely N-dealkylation sites (tertiary alicyclic amines) is 1. The Bertz CT molecular complexity index is 1120. The van der Waals surface area contributed by atoms with Gasteiger partial charge in [-0.1, -0.05) is 47.7 Å². The summed E-state index contributed by atoms with van der Waals surface area (Å²) >= 11 is 0. The van der Waals surface area contributed by atoms with Crippen LogP contribution >= 0.6 is 0 Å². The van der Waals surface area contributed by atoms with Crippen molar-refractivity contribution in [3.05, 3.63) is 107 Å². The molecule has 0 bridgehead atoms. The van der Waals surface area contributed by atoms with Gasteiger partial charge in [0.2, 0.25) is 5.78 Å². The maximum absolute atomic E-state index is 13.3. The Kier molecular flexibility index (Phi) is 5.14. The van der Waals surface area contributed by atoms with Crippen molar-refractivity contribution in [2.75, 3.05) is 0 Å². The fourth-order valence-corrected chi connectivity index (χ4v) is 3.61. The van der Waals surface area contributed by atoms with Gasteiger partial charge in [0.25, 0.3) is 5.91 Å². The number of carbonyl (C=O) groups excluding carboxylic acids is 2. The van der Waals surface area contributed by atoms with Gasteiger partial charge in [-0.15, -0.1) is 0 Å². The Morgan fingerprint density at radius 3 is 2.27 bits per heavy atom. The van der Waals surface area contributed by atoms with Crippen LogP contribution in [0, 0.1) is 12.7 Å². The lowest BCUT2D eigenvalue weighted by molar-refractivity contribution is -0.378. The number of halogens is 1. The molecule has 1 amide bonds. The highest BCUT2D eigenvalue weighted by atomic mass is 19.1. The predicted octanol–water partition coefficient (Wildman–Crippen LogP) is 2.37. The largest absolute Gasteiger partial charge is 0.872 e. The van der Waals surface area contributed by atoms with E-state index in [0.717, 1.165) is 23.3 Å². The second kappa shape index (κ2) is 7.91. The second-order valence-electron chi connectivity index (χ2n) is 7.23. The SMILES string of the molecule is Cc1ccc(C2C(=C([O-])c3ccc(F)cc3)C(=O)C(=O)N2Cc2cc[nH+]cc2)cc1. The Morgan fingerprint density at radius 1 is 1.00 bits per heavy atom. The number of aromatic nitrogens is 1. The summed E-state index contributed by atoms with van der Waals surface area (Å²) in [5.41, 5.74) is 2.57. The number of hydrogen-bond acceptors (Lipinski definition) is 3. The summed E-state index contributed by atoms with van der Waals surface area (Å²) < 4.78 is 13.3. The zero-order chi connectivity index (χ0) is 21.3. The molecule has 1 N–H and O–H groups in total. The zero-order valence-electron chi connectivity index (χ0n) is 16.3. The average molecular weight is 402 g/mol. The van der Waals surface area contributed by atoms with Gasteiger partial charge in [0.05, 0.1) is 6.04 Å². The van der Waals surface area contributed by atoms with Crippen molar-refractivity contribution in [1.82, 2.24) is 4.90 Å². The number of H-pyrrole nitrogens is 1. The molecule has 0 radical (unpaired) electrons. The van der Waals surface area contributed by atoms with Crippen LogP contribution in [0.15, 0.2) is 78.6 Å². The highest BCUT2D eigenvalue weighted by Gasteiger charge is 2.44. The molecule has 1 aliphatic heterocycles. The van der Waals surface area contributed by atoms with Gasteiger partial charge in [-0.25, -0.2) is 9.37 Å². The lowest BCUT2D eigenvalue weighted by atomic mass is 9.94. The average Bonchev–Trinajstić information content (AvgIpc) is 3.00. The summed E-state index contributed by atoms with van der Waals surface area (Å²) in [7, 11) is 0. The predicted molar refractivity (Wildman–Crippen MR) is 106 cm³/mol. The van der Waals surface area contributed by atoms with E-state index < -0.39 is 29.3 Å². The molecule has 1 saturated heterocycles. The molecule has 4 rings (SSSR count). The molecule has 0 aliphatic carbocycles. The van der Waals surface area contributed by atoms with Crippen LogP contribution in [-0.4, -0.2) is 16.6 Å². The first-order valence-corrected chi connectivity index (χ1v) is 9.49. The summed E-state index contributed by atoms with van der Waals surface area (Å²) in [5.74, 6) is -2.60. The van der Waals surface area contributed by atoms with Gasteiger partial charge in [0.15, 0.2) is 12.4 Å². The van der Waals surface area contributed by atoms with Gasteiger partial charge in [0, 0.05) is 24.3 Å². The van der Waals surface area contributed by atoms with Gasteiger partial charge >= 0.3 is 0 Å². The Balaban J connectivity index is 1.85. The lowest BCUT2D eigenvalue weighted by Gasteiger charge is -2.27. The van der Waals surface area contributed by atoms with Crippen molar-refractivity contribution in [3.8, 4) is 0 Å². The summed E-state index contributed by atoms with van der Waals surface area (Å²) in [6.07, 6.45) is 3.46. The number of rotatable bonds is 4. The Morgan fingerprint density at radius 2 is 1.63 bits per heavy atom. The molecule has 2 aromatic carbocycles. The number of pyridine rings is 1. The highest BCUT2D eigenvalue weighted by molar-refractivity contribution is 6.46. The molecule has 1 aliphatic rings. The van der Waals surface area contributed by atoms with Crippen molar-refractivity contribution >= 4 is 17.4 Å². The number of Topliss-reactive ketones (excluding diaryl/α,β-unsaturated/α-hetero) is 1. The van der Waals surface area contributed by atoms with Crippen LogP contribution in [-0.2, 0) is 16.1 Å². The lowest BCUT2D eigenvalue weighted by Crippen LogP contribution is -2.29. The summed E-state index contributed by atoms with van der Waals surface area (Å²) in [6.45, 7) is 2.11. The first-order valence-electron chi connectivity index (χ1n) is 9.49. The number of amides is 1. The maximum Gasteiger partial charge on any atom is 0.295 e. The van der Waals surface area contributed by atoms with Crippen molar-refractivity contribution in [2.45, 2.75) is 19.5 Å². The molecular weight excluding hydrogens is 383 g/mol. The molecule has 0 spiro atoms. The Hall–Kier alpha value is -3.80. The van der Waals surface area contributed by atoms with Crippen LogP contribution in [0.4, 0.5) is 4.39 Å². The van der Waals surface area contributed by atoms with E-state index >= 15 is 0 Å². The number of benzene rings is 2. The van der Waals surface area contributed by atoms with Crippen molar-refractivity contribution in [1.29, 1.82) is 0 Å². The number of carbonyl (C=O) groups is 2. The van der Waals surface area contributed by atoms with E-state index in [1.807, 2.05) is 43.3 Å². The topological polar surface area (TPSA) is 74.6 Å². The van der Waals surface area contributed by atoms with E-state index in [-0.39, 0.29) is 17.7 Å². The molecule has 150 valence electrons. The number of aromatic amines is 1. The monoisotopic (exact) mass is 402 g/mol. The third-order valence-electron chi connectivity index (χ3n) is 5.17. The van der Waals surface area contributed by atoms with Gasteiger partial charge in [0.1, 0.15) is 5.82 Å². The minimum Gasteiger partial charge on any atom is -0.872 e. The van der Waals surface area contributed by atoms with E-state index in [1.165, 1.54) is 17.0 Å². The van der Waals surface area contributed by atoms with E-state index in [1.54, 1.807) is 12.4 Å². The number of nitrogens with zero attached hydrogens (tertiary/aromatic N) is 1. The van der Waals surface area contributed by atoms with Crippen LogP contribution < -0.4 is 10.1 Å². The molecule has 1 unspecified atom stereocenters. The fourth-order valence-electron chi connectivity index (χ4n) is 3.61. The maximum atomic E-state index is 13.3. The standard InChI is InChI=1S/C24H19FN2O3/c1-15-2-4-17(5-3-15)21-20(22(28)18-6-8-19(25)9-7-18)23(29)24(30)27(21)14-16-10-12-26-13-11-16/h2-13,21,28H,14H2,1H3. The van der Waals surface area contributed by atoms with E-state index in [4.69, 9.17) is 0 Å². The van der Waals surface area contributed by atoms with Crippen LogP contribution in [0.3, 0.4) is 0 Å². The second-order valence-corrected chi connectivity index (χ2v) is 7.23. The molecule has 30 heavy (non-hydrogen) atoms. The van der Waals surface area contributed by atoms with Crippen LogP contribution in [0.2, 0.25) is 0 Å². The summed E-state index contributed by atoms with van der Waals surface area (Å²) in [4.78, 5) is 30.1. The van der Waals surface area contributed by atoms with Crippen LogP contribution in [0.25, 0.3) is 5.76 Å². The number of aryl methyl sites for hydroxylation is 1. The Labute approximate surface area is 173 Å². The molecule has 0 saturated carbocycles. The minimum atomic E-state index is -0.822. The van der Waals surface area contributed by atoms with Gasteiger partial charge < -0.3 is 10.0 Å². The first kappa shape index (κ1) is 19.5. The molecule has 6 heteroatoms. The third kappa shape index (κ3) is 3.59. The highest BCUT2D eigenvalue weighted by Crippen LogP contribution is 2.39. The van der Waals surface area contributed by atoms with Crippen LogP contribution in [0.1, 0.15) is 28.3 Å². The summed E-state index contributed by atoms with van der Waals surface area (Å²) in [5, 5.41) is 13.2. The third-order valence-corrected chi connectivity index (χ3v) is 5.17. The van der Waals surface area contributed by atoms with E-state index in [9.17, 15) is 19.1 Å². The number of hydrogen-bond donors (Lipinski definition) is 0. The summed E-state index contributed by atoms with van der Waals surface area (Å²) in [6, 6.07) is 15.2. The van der Waals surface area contributed by atoms with Gasteiger partial charge in [-0.3, -0.25) is 9.59 Å². The molecular formula is C24H19FN2O3. The molecule has 5 nitrogen and oxygen atoms in total. The molecule has 1 aromatic heterocycles. The van der Waals surface area contributed by atoms with Gasteiger partial charge in [-0.2, -0.15) is 0 Å². The quantitative estimate of drug-likeness (QED) is 0.382. The molecule has 1 fully saturated rings. The van der Waals surface area contributed by atoms with Crippen molar-refractivity contribution < 1.29 is 24.1 Å². The van der Waals surface area contributed by atoms with Crippen molar-refractivity contribution in [2.24, 2.45) is 0 Å². The van der Waals surface area contributed by atoms with E-state index in [0.29, 0.717) is 5.56 Å². The first-order chi connectivity index (χ1) is 14.5.